The van der Waals surface area contributed by atoms with Gasteiger partial charge in [0.1, 0.15) is 11.4 Å². The van der Waals surface area contributed by atoms with E-state index >= 15 is 0 Å². The molecule has 8 heteroatoms. The van der Waals surface area contributed by atoms with Gasteiger partial charge in [0.2, 0.25) is 5.91 Å². The van der Waals surface area contributed by atoms with Crippen LogP contribution in [-0.4, -0.2) is 45.4 Å². The predicted octanol–water partition coefficient (Wildman–Crippen LogP) is 3.18. The Labute approximate surface area is 175 Å². The maximum atomic E-state index is 14.5. The molecule has 0 bridgehead atoms. The Balaban J connectivity index is 1.43. The van der Waals surface area contributed by atoms with E-state index in [9.17, 15) is 14.0 Å². The highest BCUT2D eigenvalue weighted by molar-refractivity contribution is 5.87. The molecule has 1 saturated carbocycles. The topological polar surface area (TPSA) is 76.5 Å². The van der Waals surface area contributed by atoms with Gasteiger partial charge in [0, 0.05) is 26.1 Å². The lowest BCUT2D eigenvalue weighted by Gasteiger charge is -2.27. The van der Waals surface area contributed by atoms with E-state index in [0.29, 0.717) is 29.7 Å². The van der Waals surface area contributed by atoms with Crippen LogP contribution in [0.5, 0.6) is 0 Å². The monoisotopic (exact) mass is 416 g/mol. The molecule has 1 aliphatic heterocycles. The standard InChI is InChI=1S/C22H29FN4O3/c1-21(2,3)30-20(29)27-10-12-13(11-27)16(12)19(28)24-22(4,5)18-17-14(23)8-7-9-15(17)26(6)25-18/h7-9,12-13,16H,10-11H2,1-6H3,(H,24,28)/t12-,13+,16+. The van der Waals surface area contributed by atoms with Crippen LogP contribution in [0.2, 0.25) is 0 Å². The molecular weight excluding hydrogens is 387 g/mol. The molecule has 1 N–H and O–H groups in total. The Morgan fingerprint density at radius 3 is 2.40 bits per heavy atom. The number of piperidine rings is 1. The van der Waals surface area contributed by atoms with Gasteiger partial charge in [-0.25, -0.2) is 9.18 Å². The maximum absolute atomic E-state index is 14.5. The summed E-state index contributed by atoms with van der Waals surface area (Å²) in [6, 6.07) is 4.86. The van der Waals surface area contributed by atoms with Crippen LogP contribution in [0.4, 0.5) is 9.18 Å². The van der Waals surface area contributed by atoms with E-state index in [1.807, 2.05) is 40.7 Å². The molecule has 2 heterocycles. The van der Waals surface area contributed by atoms with Crippen molar-refractivity contribution >= 4 is 22.9 Å². The Kier molecular flexibility index (Phi) is 4.60. The molecule has 2 amide bonds. The van der Waals surface area contributed by atoms with Gasteiger partial charge < -0.3 is 15.0 Å². The second kappa shape index (κ2) is 6.68. The number of ether oxygens (including phenoxy) is 1. The molecule has 1 aromatic carbocycles. The van der Waals surface area contributed by atoms with Gasteiger partial charge in [-0.3, -0.25) is 9.48 Å². The van der Waals surface area contributed by atoms with E-state index in [0.717, 1.165) is 0 Å². The molecule has 2 fully saturated rings. The van der Waals surface area contributed by atoms with Crippen molar-refractivity contribution in [2.75, 3.05) is 13.1 Å². The lowest BCUT2D eigenvalue weighted by atomic mass is 9.96. The number of aryl methyl sites for hydroxylation is 1. The number of hydrogen-bond acceptors (Lipinski definition) is 4. The second-order valence-corrected chi connectivity index (χ2v) is 9.96. The molecule has 1 aliphatic carbocycles. The van der Waals surface area contributed by atoms with E-state index in [1.54, 1.807) is 22.7 Å². The Hall–Kier alpha value is -2.64. The quantitative estimate of drug-likeness (QED) is 0.834. The third-order valence-electron chi connectivity index (χ3n) is 6.00. The van der Waals surface area contributed by atoms with E-state index < -0.39 is 11.1 Å². The van der Waals surface area contributed by atoms with Crippen LogP contribution in [-0.2, 0) is 22.1 Å². The van der Waals surface area contributed by atoms with Crippen LogP contribution in [0, 0.1) is 23.6 Å². The van der Waals surface area contributed by atoms with Crippen molar-refractivity contribution < 1.29 is 18.7 Å². The molecule has 0 spiro atoms. The number of hydrogen-bond donors (Lipinski definition) is 1. The molecule has 2 aliphatic rings. The van der Waals surface area contributed by atoms with Gasteiger partial charge >= 0.3 is 6.09 Å². The minimum Gasteiger partial charge on any atom is -0.444 e. The first kappa shape index (κ1) is 20.6. The number of nitrogens with one attached hydrogen (secondary N) is 1. The average Bonchev–Trinajstić information content (AvgIpc) is 2.95. The maximum Gasteiger partial charge on any atom is 0.410 e. The van der Waals surface area contributed by atoms with Crippen molar-refractivity contribution in [1.29, 1.82) is 0 Å². The van der Waals surface area contributed by atoms with Crippen LogP contribution >= 0.6 is 0 Å². The summed E-state index contributed by atoms with van der Waals surface area (Å²) in [7, 11) is 1.76. The number of rotatable bonds is 3. The summed E-state index contributed by atoms with van der Waals surface area (Å²) >= 11 is 0. The van der Waals surface area contributed by atoms with Gasteiger partial charge in [-0.1, -0.05) is 6.07 Å². The third-order valence-corrected chi connectivity index (χ3v) is 6.00. The highest BCUT2D eigenvalue weighted by atomic mass is 19.1. The molecule has 1 aromatic heterocycles. The Morgan fingerprint density at radius 1 is 1.17 bits per heavy atom. The molecule has 0 unspecified atom stereocenters. The molecule has 162 valence electrons. The summed E-state index contributed by atoms with van der Waals surface area (Å²) in [5.74, 6) is -0.276. The molecule has 7 nitrogen and oxygen atoms in total. The average molecular weight is 416 g/mol. The zero-order valence-electron chi connectivity index (χ0n) is 18.3. The third kappa shape index (κ3) is 3.52. The molecule has 2 aromatic rings. The summed E-state index contributed by atoms with van der Waals surface area (Å²) < 4.78 is 21.6. The highest BCUT2D eigenvalue weighted by Crippen LogP contribution is 2.52. The lowest BCUT2D eigenvalue weighted by Crippen LogP contribution is -2.44. The van der Waals surface area contributed by atoms with Crippen LogP contribution in [0.3, 0.4) is 0 Å². The fourth-order valence-corrected chi connectivity index (χ4v) is 4.55. The number of fused-ring (bicyclic) bond motifs is 2. The predicted molar refractivity (Wildman–Crippen MR) is 110 cm³/mol. The minimum absolute atomic E-state index is 0.0750. The first-order chi connectivity index (χ1) is 13.9. The highest BCUT2D eigenvalue weighted by Gasteiger charge is 2.61. The molecule has 4 rings (SSSR count). The number of amides is 2. The normalized spacial score (nSPS) is 23.4. The van der Waals surface area contributed by atoms with Crippen molar-refractivity contribution in [3.63, 3.8) is 0 Å². The zero-order chi connectivity index (χ0) is 22.0. The summed E-state index contributed by atoms with van der Waals surface area (Å²) in [4.78, 5) is 26.9. The van der Waals surface area contributed by atoms with Crippen molar-refractivity contribution in [2.24, 2.45) is 24.8 Å². The van der Waals surface area contributed by atoms with E-state index in [-0.39, 0.29) is 35.6 Å². The fraction of sp³-hybridized carbons (Fsp3) is 0.591. The number of likely N-dealkylation sites (tertiary alicyclic amines) is 1. The van der Waals surface area contributed by atoms with Gasteiger partial charge in [0.25, 0.3) is 0 Å². The fourth-order valence-electron chi connectivity index (χ4n) is 4.55. The molecule has 1 saturated heterocycles. The van der Waals surface area contributed by atoms with Crippen molar-refractivity contribution in [2.45, 2.75) is 45.8 Å². The first-order valence-electron chi connectivity index (χ1n) is 10.3. The van der Waals surface area contributed by atoms with E-state index in [1.165, 1.54) is 6.07 Å². The lowest BCUT2D eigenvalue weighted by molar-refractivity contribution is -0.125. The number of carbonyl (C=O) groups is 2. The molecule has 0 radical (unpaired) electrons. The molecule has 30 heavy (non-hydrogen) atoms. The Morgan fingerprint density at radius 2 is 1.80 bits per heavy atom. The number of aromatic nitrogens is 2. The Bertz CT molecular complexity index is 1010. The van der Waals surface area contributed by atoms with E-state index in [4.69, 9.17) is 4.74 Å². The van der Waals surface area contributed by atoms with Gasteiger partial charge in [-0.05, 0) is 58.6 Å². The molecule has 3 atom stereocenters. The summed E-state index contributed by atoms with van der Waals surface area (Å²) in [5, 5.41) is 7.98. The summed E-state index contributed by atoms with van der Waals surface area (Å²) in [6.45, 7) is 10.2. The van der Waals surface area contributed by atoms with Gasteiger partial charge in [0.05, 0.1) is 22.1 Å². The van der Waals surface area contributed by atoms with Gasteiger partial charge in [0.15, 0.2) is 0 Å². The largest absolute Gasteiger partial charge is 0.444 e. The van der Waals surface area contributed by atoms with Gasteiger partial charge in [-0.15, -0.1) is 0 Å². The minimum atomic E-state index is -0.833. The van der Waals surface area contributed by atoms with Gasteiger partial charge in [-0.2, -0.15) is 5.10 Å². The SMILES string of the molecule is Cn1nc(C(C)(C)NC(=O)[C@H]2[C@@H]3CN(C(=O)OC(C)(C)C)C[C@@H]32)c2c(F)cccc21. The van der Waals surface area contributed by atoms with Crippen LogP contribution in [0.15, 0.2) is 18.2 Å². The van der Waals surface area contributed by atoms with Crippen molar-refractivity contribution in [3.8, 4) is 0 Å². The smallest absolute Gasteiger partial charge is 0.410 e. The number of carbonyl (C=O) groups excluding carboxylic acids is 2. The van der Waals surface area contributed by atoms with Crippen molar-refractivity contribution in [3.05, 3.63) is 29.7 Å². The first-order valence-corrected chi connectivity index (χ1v) is 10.3. The number of halogens is 1. The van der Waals surface area contributed by atoms with Crippen molar-refractivity contribution in [1.82, 2.24) is 20.0 Å². The molecular formula is C22H29FN4O3. The van der Waals surface area contributed by atoms with Crippen LogP contribution < -0.4 is 5.32 Å². The van der Waals surface area contributed by atoms with Crippen LogP contribution in [0.1, 0.15) is 40.3 Å². The zero-order valence-corrected chi connectivity index (χ0v) is 18.3. The number of benzene rings is 1. The summed E-state index contributed by atoms with van der Waals surface area (Å²) in [5.41, 5.74) is -0.178. The van der Waals surface area contributed by atoms with E-state index in [2.05, 4.69) is 10.4 Å². The number of nitrogens with zero attached hydrogens (tertiary/aromatic N) is 3. The summed E-state index contributed by atoms with van der Waals surface area (Å²) in [6.07, 6.45) is -0.329. The second-order valence-electron chi connectivity index (χ2n) is 9.96. The van der Waals surface area contributed by atoms with Crippen LogP contribution in [0.25, 0.3) is 10.9 Å².